The number of hydrogen-bond donors (Lipinski definition) is 0. The second kappa shape index (κ2) is 9.45. The van der Waals surface area contributed by atoms with Crippen molar-refractivity contribution in [3.05, 3.63) is 29.8 Å². The molecule has 0 aliphatic heterocycles. The van der Waals surface area contributed by atoms with E-state index in [1.165, 1.54) is 24.3 Å². The zero-order valence-corrected chi connectivity index (χ0v) is 17.3. The molecule has 1 aliphatic rings. The minimum Gasteiger partial charge on any atom is -0.381 e. The number of para-hydroxylation sites is 1. The van der Waals surface area contributed by atoms with Crippen LogP contribution in [0.3, 0.4) is 0 Å². The molecule has 1 aliphatic carbocycles. The highest BCUT2D eigenvalue weighted by Crippen LogP contribution is 2.35. The number of hydrogen-bond acceptors (Lipinski definition) is 6. The van der Waals surface area contributed by atoms with Gasteiger partial charge in [0.15, 0.2) is 15.6 Å². The summed E-state index contributed by atoms with van der Waals surface area (Å²) in [4.78, 5) is 14.4. The van der Waals surface area contributed by atoms with E-state index in [0.717, 1.165) is 6.21 Å². The lowest BCUT2D eigenvalue weighted by molar-refractivity contribution is -0.120. The van der Waals surface area contributed by atoms with Crippen molar-refractivity contribution >= 4 is 32.0 Å². The van der Waals surface area contributed by atoms with E-state index in [1.54, 1.807) is 0 Å². The number of carbonyl (C=O) groups excluding carboxylic acids is 1. The van der Waals surface area contributed by atoms with Gasteiger partial charge in [-0.15, -0.1) is 0 Å². The third kappa shape index (κ3) is 5.50. The van der Waals surface area contributed by atoms with Crippen molar-refractivity contribution in [2.75, 3.05) is 5.75 Å². The molecule has 1 aromatic rings. The van der Waals surface area contributed by atoms with Crippen molar-refractivity contribution in [2.24, 2.45) is 5.92 Å². The molecule has 0 bridgehead atoms. The van der Waals surface area contributed by atoms with Crippen LogP contribution in [0.4, 0.5) is 0 Å². The van der Waals surface area contributed by atoms with Crippen LogP contribution in [0.15, 0.2) is 29.2 Å². The van der Waals surface area contributed by atoms with Gasteiger partial charge >= 0.3 is 16.3 Å². The molecule has 1 saturated carbocycles. The van der Waals surface area contributed by atoms with Gasteiger partial charge in [0.2, 0.25) is 5.78 Å². The fourth-order valence-electron chi connectivity index (χ4n) is 3.25. The quantitative estimate of drug-likeness (QED) is 0.257. The van der Waals surface area contributed by atoms with Gasteiger partial charge in [0, 0.05) is 5.92 Å². The van der Waals surface area contributed by atoms with Gasteiger partial charge in [0.25, 0.3) is 0 Å². The summed E-state index contributed by atoms with van der Waals surface area (Å²) in [6.45, 7) is 1.85. The Bertz CT molecular complexity index is 958. The molecule has 0 heterocycles. The Labute approximate surface area is 165 Å². The van der Waals surface area contributed by atoms with Crippen LogP contribution in [-0.4, -0.2) is 44.6 Å². The van der Waals surface area contributed by atoms with Crippen molar-refractivity contribution in [1.82, 2.24) is 0 Å². The van der Waals surface area contributed by atoms with Crippen LogP contribution in [0.25, 0.3) is 5.53 Å². The predicted molar refractivity (Wildman–Crippen MR) is 103 cm³/mol. The molecule has 0 atom stereocenters. The molecule has 154 valence electrons. The van der Waals surface area contributed by atoms with E-state index in [1.807, 2.05) is 6.92 Å². The Morgan fingerprint density at radius 3 is 2.43 bits per heavy atom. The summed E-state index contributed by atoms with van der Waals surface area (Å²) >= 11 is 0. The topological polar surface area (TPSA) is 131 Å². The number of rotatable bonds is 9. The normalized spacial score (nSPS) is 20.2. The molecular formula is C18H24N2O6S2. The second-order valence-corrected chi connectivity index (χ2v) is 10.7. The monoisotopic (exact) mass is 428 g/mol. The summed E-state index contributed by atoms with van der Waals surface area (Å²) in [7, 11) is -7.71. The maximum atomic E-state index is 13.1. The molecular weight excluding hydrogens is 404 g/mol. The molecule has 0 radical (unpaired) electrons. The molecule has 0 N–H and O–H groups in total. The number of unbranched alkanes of at least 4 members (excludes halogenated alkanes) is 1. The first kappa shape index (κ1) is 22.3. The van der Waals surface area contributed by atoms with Gasteiger partial charge in [0.05, 0.1) is 11.0 Å². The maximum Gasteiger partial charge on any atom is 0.323 e. The molecule has 0 unspecified atom stereocenters. The van der Waals surface area contributed by atoms with E-state index >= 15 is 0 Å². The van der Waals surface area contributed by atoms with Gasteiger partial charge in [-0.25, -0.2) is 8.42 Å². The fraction of sp³-hybridized carbons (Fsp3) is 0.556. The largest absolute Gasteiger partial charge is 0.381 e. The van der Waals surface area contributed by atoms with Crippen LogP contribution in [-0.2, 0) is 24.7 Å². The summed E-state index contributed by atoms with van der Waals surface area (Å²) in [5.74, 6) is -1.08. The Hall–Kier alpha value is -2.03. The number of carbonyl (C=O) groups is 1. The molecule has 10 heteroatoms. The van der Waals surface area contributed by atoms with Crippen LogP contribution in [0.1, 0.15) is 45.4 Å². The highest BCUT2D eigenvalue weighted by Gasteiger charge is 2.36. The van der Waals surface area contributed by atoms with E-state index in [9.17, 15) is 21.6 Å². The lowest BCUT2D eigenvalue weighted by atomic mass is 9.86. The molecule has 1 fully saturated rings. The predicted octanol–water partition coefficient (Wildman–Crippen LogP) is 2.40. The van der Waals surface area contributed by atoms with Crippen LogP contribution < -0.4 is 4.18 Å². The maximum absolute atomic E-state index is 13.1. The van der Waals surface area contributed by atoms with Crippen molar-refractivity contribution in [2.45, 2.75) is 55.6 Å². The summed E-state index contributed by atoms with van der Waals surface area (Å²) < 4.78 is 55.5. The highest BCUT2D eigenvalue weighted by molar-refractivity contribution is 7.92. The van der Waals surface area contributed by atoms with Crippen LogP contribution in [0, 0.1) is 5.92 Å². The number of sulfone groups is 1. The zero-order valence-electron chi connectivity index (χ0n) is 15.7. The summed E-state index contributed by atoms with van der Waals surface area (Å²) in [6, 6.07) is 5.72. The molecule has 8 nitrogen and oxygen atoms in total. The summed E-state index contributed by atoms with van der Waals surface area (Å²) in [5, 5.41) is -0.731. The Balaban J connectivity index is 2.21. The number of benzene rings is 1. The fourth-order valence-corrected chi connectivity index (χ4v) is 6.36. The van der Waals surface area contributed by atoms with E-state index in [2.05, 4.69) is 4.79 Å². The average Bonchev–Trinajstić information content (AvgIpc) is 2.67. The molecule has 0 spiro atoms. The van der Waals surface area contributed by atoms with Gasteiger partial charge in [-0.1, -0.05) is 25.5 Å². The average molecular weight is 429 g/mol. The van der Waals surface area contributed by atoms with Crippen molar-refractivity contribution in [1.29, 1.82) is 0 Å². The molecule has 28 heavy (non-hydrogen) atoms. The van der Waals surface area contributed by atoms with E-state index in [-0.39, 0.29) is 40.9 Å². The van der Waals surface area contributed by atoms with Gasteiger partial charge in [0.1, 0.15) is 4.90 Å². The number of Topliss-reactive ketones (excluding diaryl/α,β-unsaturated/α-hetero) is 1. The van der Waals surface area contributed by atoms with E-state index in [4.69, 9.17) is 9.71 Å². The number of ketones is 1. The standard InChI is InChI=1S/C18H24N2O6S2/c1-2-3-12-27(22,23)26-17-6-4-5-7-18(17)28(24,25)15-10-8-14(9-11-15)16(21)13-20-19/h4-7,13-15H,2-3,8-12H2,1H3. The second-order valence-electron chi connectivity index (χ2n) is 6.81. The molecule has 0 saturated heterocycles. The van der Waals surface area contributed by atoms with Crippen LogP contribution in [0.5, 0.6) is 5.75 Å². The SMILES string of the molecule is CCCCS(=O)(=O)Oc1ccccc1S(=O)(=O)C1CCC(C(=O)C=[N+]=[N-])CC1. The van der Waals surface area contributed by atoms with Gasteiger partial charge in [-0.05, 0) is 44.2 Å². The van der Waals surface area contributed by atoms with Crippen molar-refractivity contribution in [3.8, 4) is 5.75 Å². The molecule has 0 amide bonds. The first-order valence-corrected chi connectivity index (χ1v) is 12.3. The minimum atomic E-state index is -3.88. The van der Waals surface area contributed by atoms with Crippen molar-refractivity contribution < 1.29 is 30.6 Å². The molecule has 1 aromatic carbocycles. The smallest absolute Gasteiger partial charge is 0.323 e. The van der Waals surface area contributed by atoms with Gasteiger partial charge < -0.3 is 9.71 Å². The van der Waals surface area contributed by atoms with Gasteiger partial charge in [-0.3, -0.25) is 4.79 Å². The first-order valence-electron chi connectivity index (χ1n) is 9.17. The zero-order chi connectivity index (χ0) is 20.8. The lowest BCUT2D eigenvalue weighted by Gasteiger charge is -2.26. The van der Waals surface area contributed by atoms with Crippen LogP contribution in [0.2, 0.25) is 0 Å². The molecule has 2 rings (SSSR count). The Morgan fingerprint density at radius 1 is 1.18 bits per heavy atom. The van der Waals surface area contributed by atoms with Gasteiger partial charge in [-0.2, -0.15) is 13.2 Å². The number of nitrogens with zero attached hydrogens (tertiary/aromatic N) is 2. The first-order chi connectivity index (χ1) is 13.2. The van der Waals surface area contributed by atoms with Crippen molar-refractivity contribution in [3.63, 3.8) is 0 Å². The minimum absolute atomic E-state index is 0.151. The third-order valence-electron chi connectivity index (χ3n) is 4.82. The lowest BCUT2D eigenvalue weighted by Crippen LogP contribution is -2.31. The van der Waals surface area contributed by atoms with E-state index in [0.29, 0.717) is 25.7 Å². The Kier molecular flexibility index (Phi) is 7.51. The summed E-state index contributed by atoms with van der Waals surface area (Å²) in [6.07, 6.45) is 3.16. The summed E-state index contributed by atoms with van der Waals surface area (Å²) in [5.41, 5.74) is 8.46. The highest BCUT2D eigenvalue weighted by atomic mass is 32.2. The van der Waals surface area contributed by atoms with Crippen LogP contribution >= 0.6 is 0 Å². The Morgan fingerprint density at radius 2 is 1.82 bits per heavy atom. The molecule has 0 aromatic heterocycles. The van der Waals surface area contributed by atoms with E-state index < -0.39 is 25.2 Å². The third-order valence-corrected chi connectivity index (χ3v) is 8.34.